The van der Waals surface area contributed by atoms with Crippen molar-refractivity contribution in [3.8, 4) is 0 Å². The Hall–Kier alpha value is -1.91. The first-order valence-corrected chi connectivity index (χ1v) is 5.54. The summed E-state index contributed by atoms with van der Waals surface area (Å²) in [6.07, 6.45) is 1.89. The van der Waals surface area contributed by atoms with Gasteiger partial charge in [0.2, 0.25) is 5.69 Å². The smallest absolute Gasteiger partial charge is 0.416 e. The molecule has 0 radical (unpaired) electrons. The highest BCUT2D eigenvalue weighted by Gasteiger charge is 2.47. The molecule has 0 atom stereocenters. The van der Waals surface area contributed by atoms with Crippen molar-refractivity contribution >= 4 is 23.1 Å². The van der Waals surface area contributed by atoms with E-state index in [4.69, 9.17) is 0 Å². The molecular weight excluding hydrogens is 223 g/mol. The third kappa shape index (κ3) is 1.35. The van der Waals surface area contributed by atoms with Crippen LogP contribution in [0.4, 0.5) is 15.8 Å². The minimum atomic E-state index is -0.492. The Kier molecular flexibility index (Phi) is 1.98. The Morgan fingerprint density at radius 1 is 1.47 bits per heavy atom. The monoisotopic (exact) mass is 235 g/mol. The largest absolute Gasteiger partial charge is 0.457 e. The van der Waals surface area contributed by atoms with Gasteiger partial charge in [-0.1, -0.05) is 0 Å². The van der Waals surface area contributed by atoms with E-state index in [1.54, 1.807) is 17.7 Å². The van der Waals surface area contributed by atoms with Crippen molar-refractivity contribution in [2.24, 2.45) is 0 Å². The van der Waals surface area contributed by atoms with Gasteiger partial charge in [-0.2, -0.15) is 4.58 Å². The molecule has 5 heteroatoms. The highest BCUT2D eigenvalue weighted by molar-refractivity contribution is 6.43. The Morgan fingerprint density at radius 2 is 2.18 bits per heavy atom. The fourth-order valence-corrected chi connectivity index (χ4v) is 2.18. The van der Waals surface area contributed by atoms with Crippen LogP contribution in [0.3, 0.4) is 0 Å². The second-order valence-corrected chi connectivity index (χ2v) is 4.35. The fraction of sp³-hybridized carbons (Fsp3) is 0.333. The SMILES string of the molecule is CNc1cc2c(cc1F)C(=O)C(O)=[N+]2C1CC1. The summed E-state index contributed by atoms with van der Waals surface area (Å²) in [6.45, 7) is 0. The van der Waals surface area contributed by atoms with Crippen molar-refractivity contribution in [2.45, 2.75) is 18.9 Å². The fourth-order valence-electron chi connectivity index (χ4n) is 2.18. The second-order valence-electron chi connectivity index (χ2n) is 4.35. The first kappa shape index (κ1) is 10.3. The zero-order valence-corrected chi connectivity index (χ0v) is 9.33. The van der Waals surface area contributed by atoms with Crippen molar-refractivity contribution in [2.75, 3.05) is 12.4 Å². The van der Waals surface area contributed by atoms with Crippen LogP contribution in [0.15, 0.2) is 12.1 Å². The maximum Gasteiger partial charge on any atom is 0.416 e. The number of rotatable bonds is 2. The van der Waals surface area contributed by atoms with E-state index in [9.17, 15) is 14.3 Å². The van der Waals surface area contributed by atoms with Gasteiger partial charge in [0, 0.05) is 26.0 Å². The number of anilines is 1. The molecule has 0 amide bonds. The Balaban J connectivity index is 2.21. The van der Waals surface area contributed by atoms with Gasteiger partial charge in [0.05, 0.1) is 5.69 Å². The average molecular weight is 235 g/mol. The molecule has 0 bridgehead atoms. The predicted octanol–water partition coefficient (Wildman–Crippen LogP) is 1.83. The lowest BCUT2D eigenvalue weighted by Crippen LogP contribution is -2.18. The van der Waals surface area contributed by atoms with Gasteiger partial charge < -0.3 is 10.4 Å². The number of aliphatic hydroxyl groups is 1. The molecule has 1 aromatic carbocycles. The molecule has 1 saturated carbocycles. The van der Waals surface area contributed by atoms with E-state index in [1.807, 2.05) is 0 Å². The van der Waals surface area contributed by atoms with Gasteiger partial charge in [0.15, 0.2) is 6.04 Å². The molecule has 2 aliphatic rings. The summed E-state index contributed by atoms with van der Waals surface area (Å²) in [7, 11) is 1.62. The molecule has 4 nitrogen and oxygen atoms in total. The predicted molar refractivity (Wildman–Crippen MR) is 60.9 cm³/mol. The first-order chi connectivity index (χ1) is 8.13. The van der Waals surface area contributed by atoms with E-state index in [1.165, 1.54) is 6.07 Å². The van der Waals surface area contributed by atoms with Crippen LogP contribution >= 0.6 is 0 Å². The van der Waals surface area contributed by atoms with Crippen LogP contribution in [0.25, 0.3) is 0 Å². The van der Waals surface area contributed by atoms with E-state index >= 15 is 0 Å². The highest BCUT2D eigenvalue weighted by atomic mass is 19.1. The zero-order chi connectivity index (χ0) is 12.2. The van der Waals surface area contributed by atoms with Crippen LogP contribution in [0.2, 0.25) is 0 Å². The number of nitrogens with one attached hydrogen (secondary N) is 1. The Morgan fingerprint density at radius 3 is 2.76 bits per heavy atom. The van der Waals surface area contributed by atoms with Crippen LogP contribution in [0, 0.1) is 5.82 Å². The van der Waals surface area contributed by atoms with Crippen LogP contribution in [-0.2, 0) is 0 Å². The number of halogens is 1. The maximum absolute atomic E-state index is 13.6. The average Bonchev–Trinajstić information content (AvgIpc) is 3.10. The molecule has 17 heavy (non-hydrogen) atoms. The Labute approximate surface area is 97.4 Å². The summed E-state index contributed by atoms with van der Waals surface area (Å²) in [4.78, 5) is 11.8. The van der Waals surface area contributed by atoms with Crippen LogP contribution < -0.4 is 5.32 Å². The van der Waals surface area contributed by atoms with Gasteiger partial charge in [-0.3, -0.25) is 4.79 Å². The molecule has 1 aliphatic heterocycles. The first-order valence-electron chi connectivity index (χ1n) is 5.54. The third-order valence-corrected chi connectivity index (χ3v) is 3.20. The van der Waals surface area contributed by atoms with Crippen molar-refractivity contribution in [3.63, 3.8) is 0 Å². The van der Waals surface area contributed by atoms with Crippen molar-refractivity contribution in [3.05, 3.63) is 23.5 Å². The van der Waals surface area contributed by atoms with Crippen molar-refractivity contribution < 1.29 is 18.9 Å². The number of Topliss-reactive ketones (excluding diaryl/α,β-unsaturated/α-hetero) is 1. The topological polar surface area (TPSA) is 52.3 Å². The second kappa shape index (κ2) is 3.29. The van der Waals surface area contributed by atoms with E-state index in [-0.39, 0.29) is 17.5 Å². The lowest BCUT2D eigenvalue weighted by Gasteiger charge is -2.03. The molecule has 3 rings (SSSR count). The van der Waals surface area contributed by atoms with E-state index in [0.29, 0.717) is 11.4 Å². The minimum absolute atomic E-state index is 0.176. The maximum atomic E-state index is 13.6. The van der Waals surface area contributed by atoms with Crippen LogP contribution in [0.1, 0.15) is 23.2 Å². The molecule has 0 aromatic heterocycles. The minimum Gasteiger partial charge on any atom is -0.457 e. The van der Waals surface area contributed by atoms with Crippen molar-refractivity contribution in [1.82, 2.24) is 0 Å². The number of carbonyl (C=O) groups is 1. The molecule has 88 valence electrons. The van der Waals surface area contributed by atoms with Gasteiger partial charge in [0.25, 0.3) is 0 Å². The number of benzene rings is 1. The molecule has 1 aromatic rings. The number of hydrogen-bond donors (Lipinski definition) is 2. The molecule has 1 fully saturated rings. The van der Waals surface area contributed by atoms with E-state index in [0.717, 1.165) is 12.8 Å². The van der Waals surface area contributed by atoms with Gasteiger partial charge in [0.1, 0.15) is 11.4 Å². The van der Waals surface area contributed by atoms with Crippen LogP contribution in [0.5, 0.6) is 0 Å². The standard InChI is InChI=1S/C12H11FN2O2/c1-14-9-5-10-7(4-8(9)13)11(16)12(17)15(10)6-2-3-6/h4-6H,2-3H2,1H3,(H,14,16)/p+1. The van der Waals surface area contributed by atoms with E-state index in [2.05, 4.69) is 5.32 Å². The molecular formula is C12H12FN2O2+. The van der Waals surface area contributed by atoms with Gasteiger partial charge >= 0.3 is 11.7 Å². The summed E-state index contributed by atoms with van der Waals surface area (Å²) in [5.74, 6) is -1.26. The molecule has 0 unspecified atom stereocenters. The van der Waals surface area contributed by atoms with Crippen molar-refractivity contribution in [1.29, 1.82) is 0 Å². The van der Waals surface area contributed by atoms with E-state index < -0.39 is 11.6 Å². The number of fused-ring (bicyclic) bond motifs is 1. The Bertz CT molecular complexity index is 562. The molecule has 1 heterocycles. The molecule has 0 saturated heterocycles. The number of aliphatic hydroxyl groups excluding tert-OH is 1. The zero-order valence-electron chi connectivity index (χ0n) is 9.33. The summed E-state index contributed by atoms with van der Waals surface area (Å²) in [6, 6.07) is 2.93. The summed E-state index contributed by atoms with van der Waals surface area (Å²) in [5.41, 5.74) is 1.17. The number of carbonyl (C=O) groups excluding carboxylic acids is 1. The lowest BCUT2D eigenvalue weighted by molar-refractivity contribution is -0.460. The normalized spacial score (nSPS) is 18.6. The summed E-state index contributed by atoms with van der Waals surface area (Å²) in [5, 5.41) is 12.5. The molecule has 1 aliphatic carbocycles. The lowest BCUT2D eigenvalue weighted by atomic mass is 10.1. The number of hydrogen-bond acceptors (Lipinski definition) is 2. The quantitative estimate of drug-likeness (QED) is 0.769. The third-order valence-electron chi connectivity index (χ3n) is 3.20. The molecule has 2 N–H and O–H groups in total. The number of nitrogens with zero attached hydrogens (tertiary/aromatic N) is 1. The summed E-state index contributed by atoms with van der Waals surface area (Å²) < 4.78 is 15.2. The molecule has 0 spiro atoms. The van der Waals surface area contributed by atoms with Gasteiger partial charge in [-0.15, -0.1) is 0 Å². The van der Waals surface area contributed by atoms with Gasteiger partial charge in [-0.25, -0.2) is 4.39 Å². The summed E-state index contributed by atoms with van der Waals surface area (Å²) >= 11 is 0. The van der Waals surface area contributed by atoms with Gasteiger partial charge in [-0.05, 0) is 6.07 Å². The number of ketones is 1. The van der Waals surface area contributed by atoms with Crippen LogP contribution in [-0.4, -0.2) is 34.5 Å². The highest BCUT2D eigenvalue weighted by Crippen LogP contribution is 2.38.